The number of rotatable bonds is 7. The van der Waals surface area contributed by atoms with Crippen LogP contribution in [-0.2, 0) is 20.7 Å². The van der Waals surface area contributed by atoms with Gasteiger partial charge in [-0.15, -0.1) is 0 Å². The van der Waals surface area contributed by atoms with Crippen molar-refractivity contribution in [3.05, 3.63) is 64.7 Å². The van der Waals surface area contributed by atoms with Crippen molar-refractivity contribution >= 4 is 23.5 Å². The van der Waals surface area contributed by atoms with E-state index in [1.54, 1.807) is 4.90 Å². The van der Waals surface area contributed by atoms with Gasteiger partial charge in [0.15, 0.2) is 0 Å². The van der Waals surface area contributed by atoms with Crippen molar-refractivity contribution in [2.24, 2.45) is 0 Å². The number of carboxylic acid groups (broad SMARTS) is 1. The summed E-state index contributed by atoms with van der Waals surface area (Å²) in [4.78, 5) is 36.7. The van der Waals surface area contributed by atoms with E-state index >= 15 is 0 Å². The highest BCUT2D eigenvalue weighted by atomic mass is 16.6. The number of aryl methyl sites for hydroxylation is 2. The van der Waals surface area contributed by atoms with Crippen LogP contribution >= 0.6 is 0 Å². The van der Waals surface area contributed by atoms with Gasteiger partial charge in [0, 0.05) is 45.1 Å². The Balaban J connectivity index is 1.58. The zero-order chi connectivity index (χ0) is 24.0. The Morgan fingerprint density at radius 1 is 1.09 bits per heavy atom. The van der Waals surface area contributed by atoms with Gasteiger partial charge in [-0.25, -0.2) is 15.0 Å². The molecule has 8 heteroatoms. The van der Waals surface area contributed by atoms with Gasteiger partial charge < -0.3 is 19.8 Å². The van der Waals surface area contributed by atoms with Gasteiger partial charge in [-0.1, -0.05) is 30.3 Å². The van der Waals surface area contributed by atoms with E-state index in [1.165, 1.54) is 5.56 Å². The summed E-state index contributed by atoms with van der Waals surface area (Å²) in [5.41, 5.74) is 8.35. The lowest BCUT2D eigenvalue weighted by Crippen LogP contribution is -2.42. The highest BCUT2D eigenvalue weighted by Gasteiger charge is 2.28. The number of aliphatic carboxylic acids is 1. The van der Waals surface area contributed by atoms with Gasteiger partial charge in [-0.3, -0.25) is 4.79 Å². The summed E-state index contributed by atoms with van der Waals surface area (Å²) in [6.07, 6.45) is 1.29. The van der Waals surface area contributed by atoms with Crippen LogP contribution in [0.25, 0.3) is 0 Å². The van der Waals surface area contributed by atoms with E-state index in [9.17, 15) is 14.4 Å². The molecule has 1 heterocycles. The molecule has 33 heavy (non-hydrogen) atoms. The number of anilines is 1. The van der Waals surface area contributed by atoms with Crippen LogP contribution < -0.4 is 10.4 Å². The fourth-order valence-electron chi connectivity index (χ4n) is 4.26. The van der Waals surface area contributed by atoms with E-state index in [2.05, 4.69) is 17.6 Å². The van der Waals surface area contributed by atoms with Gasteiger partial charge in [-0.05, 0) is 49.1 Å². The first-order valence-corrected chi connectivity index (χ1v) is 11.1. The number of hydrogen-bond donors (Lipinski definition) is 2. The maximum atomic E-state index is 13.0. The van der Waals surface area contributed by atoms with E-state index in [0.29, 0.717) is 31.5 Å². The lowest BCUT2D eigenvalue weighted by molar-refractivity contribution is -0.168. The van der Waals surface area contributed by atoms with Crippen LogP contribution in [0.2, 0.25) is 0 Å². The highest BCUT2D eigenvalue weighted by Crippen LogP contribution is 2.26. The predicted molar refractivity (Wildman–Crippen MR) is 125 cm³/mol. The number of benzene rings is 2. The van der Waals surface area contributed by atoms with E-state index in [1.807, 2.05) is 56.2 Å². The van der Waals surface area contributed by atoms with Crippen molar-refractivity contribution in [2.75, 3.05) is 31.7 Å². The molecule has 2 N–H and O–H groups in total. The van der Waals surface area contributed by atoms with E-state index < -0.39 is 18.0 Å². The quantitative estimate of drug-likeness (QED) is 0.378. The standard InChI is InChI=1S/C25H31N3O5/c1-17-15-20(23(29)28-13-10-21(11-14-28)33-25(32)24(30)31)16-18(2)22(17)27(3)26-12-9-19-7-5-4-6-8-19/h4-8,15-16,21,26H,9-14H2,1-3H3,(H,30,31). The molecule has 0 unspecified atom stereocenters. The van der Waals surface area contributed by atoms with Crippen LogP contribution in [0.3, 0.4) is 0 Å². The van der Waals surface area contributed by atoms with Crippen LogP contribution in [0.1, 0.15) is 39.9 Å². The van der Waals surface area contributed by atoms with Gasteiger partial charge in [0.25, 0.3) is 5.91 Å². The number of nitrogens with one attached hydrogen (secondary N) is 1. The third-order valence-corrected chi connectivity index (χ3v) is 5.86. The molecule has 1 aliphatic heterocycles. The first kappa shape index (κ1) is 24.3. The highest BCUT2D eigenvalue weighted by molar-refractivity contribution is 6.28. The van der Waals surface area contributed by atoms with Crippen LogP contribution in [0.5, 0.6) is 0 Å². The number of ether oxygens (including phenoxy) is 1. The van der Waals surface area contributed by atoms with Crippen molar-refractivity contribution < 1.29 is 24.2 Å². The first-order chi connectivity index (χ1) is 15.8. The molecule has 2 aromatic carbocycles. The minimum absolute atomic E-state index is 0.0737. The Hall–Kier alpha value is -3.39. The molecule has 0 atom stereocenters. The average Bonchev–Trinajstić information content (AvgIpc) is 2.79. The van der Waals surface area contributed by atoms with E-state index in [-0.39, 0.29) is 5.91 Å². The van der Waals surface area contributed by atoms with Crippen LogP contribution in [0.15, 0.2) is 42.5 Å². The number of likely N-dealkylation sites (tertiary alicyclic amines) is 1. The molecule has 1 amide bonds. The number of amides is 1. The zero-order valence-corrected chi connectivity index (χ0v) is 19.3. The Kier molecular flexibility index (Phi) is 8.06. The SMILES string of the molecule is Cc1cc(C(=O)N2CCC(OC(=O)C(=O)O)CC2)cc(C)c1N(C)NCCc1ccccc1. The normalized spacial score (nSPS) is 14.1. The number of piperidine rings is 1. The molecule has 3 rings (SSSR count). The third-order valence-electron chi connectivity index (χ3n) is 5.86. The summed E-state index contributed by atoms with van der Waals surface area (Å²) in [6.45, 7) is 5.61. The number of hydrazine groups is 1. The van der Waals surface area contributed by atoms with Gasteiger partial charge in [0.2, 0.25) is 0 Å². The predicted octanol–water partition coefficient (Wildman–Crippen LogP) is 2.72. The van der Waals surface area contributed by atoms with Gasteiger partial charge in [0.05, 0.1) is 5.69 Å². The maximum absolute atomic E-state index is 13.0. The van der Waals surface area contributed by atoms with Crippen LogP contribution in [-0.4, -0.2) is 60.6 Å². The number of carbonyl (C=O) groups is 3. The number of hydrogen-bond acceptors (Lipinski definition) is 6. The second-order valence-corrected chi connectivity index (χ2v) is 8.36. The minimum Gasteiger partial charge on any atom is -0.473 e. The monoisotopic (exact) mass is 453 g/mol. The smallest absolute Gasteiger partial charge is 0.417 e. The van der Waals surface area contributed by atoms with Crippen molar-refractivity contribution in [2.45, 2.75) is 39.2 Å². The Morgan fingerprint density at radius 2 is 1.70 bits per heavy atom. The second kappa shape index (κ2) is 11.0. The topological polar surface area (TPSA) is 99.2 Å². The van der Waals surface area contributed by atoms with Crippen LogP contribution in [0.4, 0.5) is 5.69 Å². The number of esters is 1. The Morgan fingerprint density at radius 3 is 2.27 bits per heavy atom. The van der Waals surface area contributed by atoms with Gasteiger partial charge in [0.1, 0.15) is 6.10 Å². The number of nitrogens with zero attached hydrogens (tertiary/aromatic N) is 2. The van der Waals surface area contributed by atoms with E-state index in [4.69, 9.17) is 9.84 Å². The average molecular weight is 454 g/mol. The molecular weight excluding hydrogens is 422 g/mol. The van der Waals surface area contributed by atoms with Crippen molar-refractivity contribution in [1.29, 1.82) is 0 Å². The molecule has 1 aliphatic rings. The van der Waals surface area contributed by atoms with Crippen molar-refractivity contribution in [1.82, 2.24) is 10.3 Å². The molecular formula is C25H31N3O5. The largest absolute Gasteiger partial charge is 0.473 e. The fraction of sp³-hybridized carbons (Fsp3) is 0.400. The Labute approximate surface area is 194 Å². The lowest BCUT2D eigenvalue weighted by atomic mass is 10.0. The molecule has 0 saturated carbocycles. The van der Waals surface area contributed by atoms with Crippen molar-refractivity contribution in [3.8, 4) is 0 Å². The molecule has 1 fully saturated rings. The molecule has 1 saturated heterocycles. The molecule has 176 valence electrons. The Bertz CT molecular complexity index is 977. The van der Waals surface area contributed by atoms with Crippen molar-refractivity contribution in [3.63, 3.8) is 0 Å². The second-order valence-electron chi connectivity index (χ2n) is 8.36. The maximum Gasteiger partial charge on any atom is 0.417 e. The number of carbonyl (C=O) groups excluding carboxylic acids is 2. The zero-order valence-electron chi connectivity index (χ0n) is 19.3. The summed E-state index contributed by atoms with van der Waals surface area (Å²) < 4.78 is 4.94. The number of carboxylic acids is 1. The van der Waals surface area contributed by atoms with E-state index in [0.717, 1.165) is 29.8 Å². The molecule has 2 aromatic rings. The lowest BCUT2D eigenvalue weighted by Gasteiger charge is -2.32. The third kappa shape index (κ3) is 6.32. The first-order valence-electron chi connectivity index (χ1n) is 11.1. The summed E-state index contributed by atoms with van der Waals surface area (Å²) in [6, 6.07) is 14.1. The van der Waals surface area contributed by atoms with Crippen LogP contribution in [0, 0.1) is 13.8 Å². The summed E-state index contributed by atoms with van der Waals surface area (Å²) in [5, 5.41) is 10.7. The molecule has 0 aliphatic carbocycles. The molecule has 0 aromatic heterocycles. The molecule has 0 spiro atoms. The summed E-state index contributed by atoms with van der Waals surface area (Å²) in [5.74, 6) is -2.92. The summed E-state index contributed by atoms with van der Waals surface area (Å²) in [7, 11) is 1.98. The molecule has 0 radical (unpaired) electrons. The minimum atomic E-state index is -1.60. The molecule has 8 nitrogen and oxygen atoms in total. The molecule has 0 bridgehead atoms. The summed E-state index contributed by atoms with van der Waals surface area (Å²) >= 11 is 0. The van der Waals surface area contributed by atoms with Gasteiger partial charge in [-0.2, -0.15) is 0 Å². The fourth-order valence-corrected chi connectivity index (χ4v) is 4.26. The van der Waals surface area contributed by atoms with Gasteiger partial charge >= 0.3 is 11.9 Å².